The summed E-state index contributed by atoms with van der Waals surface area (Å²) in [6.07, 6.45) is 43.7. The highest BCUT2D eigenvalue weighted by Crippen LogP contribution is 2.19. The van der Waals surface area contributed by atoms with Gasteiger partial charge >= 0.3 is 11.9 Å². The van der Waals surface area contributed by atoms with Crippen molar-refractivity contribution >= 4 is 17.8 Å². The summed E-state index contributed by atoms with van der Waals surface area (Å²) in [6, 6.07) is 0. The Morgan fingerprint density at radius 2 is 0.755 bits per heavy atom. The summed E-state index contributed by atoms with van der Waals surface area (Å²) in [5.41, 5.74) is 0. The molecule has 0 fully saturated rings. The van der Waals surface area contributed by atoms with E-state index in [0.29, 0.717) is 12.8 Å². The first kappa shape index (κ1) is 47.4. The van der Waals surface area contributed by atoms with E-state index in [1.807, 2.05) is 0 Å². The maximum atomic E-state index is 12.7. The zero-order valence-electron chi connectivity index (χ0n) is 32.8. The van der Waals surface area contributed by atoms with Crippen LogP contribution < -0.4 is 5.32 Å². The van der Waals surface area contributed by atoms with Crippen LogP contribution in [0.15, 0.2) is 0 Å². The van der Waals surface area contributed by atoms with Gasteiger partial charge in [0.1, 0.15) is 12.6 Å². The van der Waals surface area contributed by atoms with Crippen LogP contribution in [0.2, 0.25) is 0 Å². The molecule has 0 aromatic heterocycles. The van der Waals surface area contributed by atoms with E-state index in [-0.39, 0.29) is 24.5 Å². The molecule has 0 saturated carbocycles. The third kappa shape index (κ3) is 39.1. The van der Waals surface area contributed by atoms with Gasteiger partial charge in [-0.25, -0.2) is 0 Å². The molecule has 6 heteroatoms. The average molecular weight is 694 g/mol. The van der Waals surface area contributed by atoms with E-state index in [2.05, 4.69) is 19.2 Å². The SMILES string of the molecule is CCCCCCCCCCCCCCCCC(CCCCCCCC(=O)NCC(=O)O)OC(=O)CCCCCCCCCCCCCCC. The molecule has 0 aromatic carbocycles. The van der Waals surface area contributed by atoms with Crippen LogP contribution in [0.3, 0.4) is 0 Å². The molecule has 0 saturated heterocycles. The number of nitrogens with one attached hydrogen (secondary N) is 1. The van der Waals surface area contributed by atoms with Crippen LogP contribution in [0.4, 0.5) is 0 Å². The van der Waals surface area contributed by atoms with E-state index >= 15 is 0 Å². The summed E-state index contributed by atoms with van der Waals surface area (Å²) in [4.78, 5) is 35.0. The van der Waals surface area contributed by atoms with E-state index < -0.39 is 5.97 Å². The van der Waals surface area contributed by atoms with E-state index in [0.717, 1.165) is 64.2 Å². The van der Waals surface area contributed by atoms with Crippen LogP contribution in [0, 0.1) is 0 Å². The van der Waals surface area contributed by atoms with Crippen molar-refractivity contribution in [2.24, 2.45) is 0 Å². The molecule has 290 valence electrons. The standard InChI is InChI=1S/C43H83NO5/c1-3-5-7-9-11-13-15-17-19-20-22-24-27-31-35-40(36-32-28-26-29-33-37-41(45)44-39-42(46)47)49-43(48)38-34-30-25-23-21-18-16-14-12-10-8-6-4-2/h40H,3-39H2,1-2H3,(H,44,45)(H,46,47). The fourth-order valence-corrected chi connectivity index (χ4v) is 6.81. The molecule has 0 aliphatic rings. The predicted molar refractivity (Wildman–Crippen MR) is 208 cm³/mol. The van der Waals surface area contributed by atoms with Gasteiger partial charge in [0.25, 0.3) is 0 Å². The highest BCUT2D eigenvalue weighted by molar-refractivity contribution is 5.80. The second-order valence-corrected chi connectivity index (χ2v) is 15.0. The van der Waals surface area contributed by atoms with Crippen molar-refractivity contribution in [3.05, 3.63) is 0 Å². The second-order valence-electron chi connectivity index (χ2n) is 15.0. The van der Waals surface area contributed by atoms with Crippen molar-refractivity contribution in [3.63, 3.8) is 0 Å². The van der Waals surface area contributed by atoms with Gasteiger partial charge in [0.2, 0.25) is 5.91 Å². The maximum Gasteiger partial charge on any atom is 0.322 e. The van der Waals surface area contributed by atoms with Crippen molar-refractivity contribution in [3.8, 4) is 0 Å². The molecule has 0 radical (unpaired) electrons. The third-order valence-electron chi connectivity index (χ3n) is 10.0. The van der Waals surface area contributed by atoms with Gasteiger partial charge in [0.15, 0.2) is 0 Å². The van der Waals surface area contributed by atoms with Gasteiger partial charge in [0, 0.05) is 12.8 Å². The lowest BCUT2D eigenvalue weighted by Gasteiger charge is -2.18. The highest BCUT2D eigenvalue weighted by atomic mass is 16.5. The molecule has 1 amide bonds. The van der Waals surface area contributed by atoms with Crippen LogP contribution in [0.25, 0.3) is 0 Å². The van der Waals surface area contributed by atoms with Gasteiger partial charge in [-0.3, -0.25) is 14.4 Å². The minimum absolute atomic E-state index is 0.00851. The van der Waals surface area contributed by atoms with Crippen molar-refractivity contribution in [2.45, 2.75) is 251 Å². The van der Waals surface area contributed by atoms with E-state index in [4.69, 9.17) is 9.84 Å². The molecule has 49 heavy (non-hydrogen) atoms. The van der Waals surface area contributed by atoms with Crippen LogP contribution in [-0.2, 0) is 19.1 Å². The fraction of sp³-hybridized carbons (Fsp3) is 0.930. The number of ether oxygens (including phenoxy) is 1. The van der Waals surface area contributed by atoms with E-state index in [9.17, 15) is 14.4 Å². The summed E-state index contributed by atoms with van der Waals surface area (Å²) in [5, 5.41) is 11.1. The summed E-state index contributed by atoms with van der Waals surface area (Å²) >= 11 is 0. The Bertz CT molecular complexity index is 727. The van der Waals surface area contributed by atoms with Gasteiger partial charge < -0.3 is 15.2 Å². The summed E-state index contributed by atoms with van der Waals surface area (Å²) < 4.78 is 6.04. The molecule has 2 N–H and O–H groups in total. The van der Waals surface area contributed by atoms with Crippen molar-refractivity contribution < 1.29 is 24.2 Å². The van der Waals surface area contributed by atoms with Crippen LogP contribution in [0.1, 0.15) is 245 Å². The molecule has 0 spiro atoms. The molecule has 0 aliphatic heterocycles. The lowest BCUT2D eigenvalue weighted by atomic mass is 10.0. The number of hydrogen-bond acceptors (Lipinski definition) is 4. The number of aliphatic carboxylic acids is 1. The number of hydrogen-bond donors (Lipinski definition) is 2. The lowest BCUT2D eigenvalue weighted by Crippen LogP contribution is -2.28. The fourth-order valence-electron chi connectivity index (χ4n) is 6.81. The Labute approximate surface area is 304 Å². The number of carbonyl (C=O) groups is 3. The van der Waals surface area contributed by atoms with Crippen molar-refractivity contribution in [1.82, 2.24) is 5.32 Å². The number of carboxylic acid groups (broad SMARTS) is 1. The number of rotatable bonds is 40. The lowest BCUT2D eigenvalue weighted by molar-refractivity contribution is -0.150. The average Bonchev–Trinajstić information content (AvgIpc) is 3.08. The van der Waals surface area contributed by atoms with E-state index in [1.165, 1.54) is 154 Å². The Balaban J connectivity index is 4.13. The van der Waals surface area contributed by atoms with Gasteiger partial charge in [-0.2, -0.15) is 0 Å². The number of carboxylic acids is 1. The third-order valence-corrected chi connectivity index (χ3v) is 10.0. The van der Waals surface area contributed by atoms with Gasteiger partial charge in [-0.1, -0.05) is 194 Å². The largest absolute Gasteiger partial charge is 0.480 e. The molecule has 0 aromatic rings. The van der Waals surface area contributed by atoms with Crippen LogP contribution in [-0.4, -0.2) is 35.6 Å². The summed E-state index contributed by atoms with van der Waals surface area (Å²) in [7, 11) is 0. The number of amides is 1. The van der Waals surface area contributed by atoms with Crippen molar-refractivity contribution in [2.75, 3.05) is 6.54 Å². The Kier molecular flexibility index (Phi) is 37.9. The summed E-state index contributed by atoms with van der Waals surface area (Å²) in [6.45, 7) is 4.25. The molecule has 0 rings (SSSR count). The molecular formula is C43H83NO5. The number of unbranched alkanes of at least 4 members (excludes halogenated alkanes) is 29. The van der Waals surface area contributed by atoms with Crippen molar-refractivity contribution in [1.29, 1.82) is 0 Å². The number of carbonyl (C=O) groups excluding carboxylic acids is 2. The first-order chi connectivity index (χ1) is 24.0. The monoisotopic (exact) mass is 694 g/mol. The maximum absolute atomic E-state index is 12.7. The molecule has 0 bridgehead atoms. The molecule has 0 aliphatic carbocycles. The first-order valence-corrected chi connectivity index (χ1v) is 21.7. The van der Waals surface area contributed by atoms with Gasteiger partial charge in [0.05, 0.1) is 0 Å². The highest BCUT2D eigenvalue weighted by Gasteiger charge is 2.14. The Morgan fingerprint density at radius 3 is 1.10 bits per heavy atom. The normalized spacial score (nSPS) is 11.9. The number of esters is 1. The molecule has 6 nitrogen and oxygen atoms in total. The predicted octanol–water partition coefficient (Wildman–Crippen LogP) is 13.2. The van der Waals surface area contributed by atoms with Crippen LogP contribution >= 0.6 is 0 Å². The van der Waals surface area contributed by atoms with E-state index in [1.54, 1.807) is 0 Å². The first-order valence-electron chi connectivity index (χ1n) is 21.7. The molecular weight excluding hydrogens is 610 g/mol. The zero-order chi connectivity index (χ0) is 35.9. The molecule has 1 atom stereocenters. The Morgan fingerprint density at radius 1 is 0.449 bits per heavy atom. The van der Waals surface area contributed by atoms with Gasteiger partial charge in [-0.05, 0) is 38.5 Å². The zero-order valence-corrected chi connectivity index (χ0v) is 32.8. The quantitative estimate of drug-likeness (QED) is 0.0492. The Hall–Kier alpha value is -1.59. The second kappa shape index (κ2) is 39.2. The smallest absolute Gasteiger partial charge is 0.322 e. The molecule has 0 heterocycles. The minimum atomic E-state index is -1.01. The summed E-state index contributed by atoms with van der Waals surface area (Å²) in [5.74, 6) is -1.21. The van der Waals surface area contributed by atoms with Crippen LogP contribution in [0.5, 0.6) is 0 Å². The minimum Gasteiger partial charge on any atom is -0.480 e. The topological polar surface area (TPSA) is 92.7 Å². The molecule has 1 unspecified atom stereocenters. The van der Waals surface area contributed by atoms with Gasteiger partial charge in [-0.15, -0.1) is 0 Å².